The Hall–Kier alpha value is -3.22. The highest BCUT2D eigenvalue weighted by atomic mass is 16.2. The Kier molecular flexibility index (Phi) is 5.73. The first-order valence-corrected chi connectivity index (χ1v) is 9.32. The highest BCUT2D eigenvalue weighted by molar-refractivity contribution is 6.39. The molecule has 0 unspecified atom stereocenters. The molecule has 146 valence electrons. The molecule has 0 aliphatic carbocycles. The van der Waals surface area contributed by atoms with Crippen LogP contribution in [0.3, 0.4) is 0 Å². The van der Waals surface area contributed by atoms with E-state index in [-0.39, 0.29) is 29.3 Å². The van der Waals surface area contributed by atoms with Crippen molar-refractivity contribution >= 4 is 23.4 Å². The van der Waals surface area contributed by atoms with E-state index in [0.717, 1.165) is 18.4 Å². The fourth-order valence-corrected chi connectivity index (χ4v) is 3.63. The number of rotatable bonds is 3. The van der Waals surface area contributed by atoms with Crippen LogP contribution in [0.5, 0.6) is 0 Å². The maximum absolute atomic E-state index is 13.1. The van der Waals surface area contributed by atoms with Gasteiger partial charge in [-0.2, -0.15) is 0 Å². The number of carbonyl (C=O) groups excluding carboxylic acids is 3. The van der Waals surface area contributed by atoms with Crippen molar-refractivity contribution < 1.29 is 14.4 Å². The number of aromatic nitrogens is 1. The van der Waals surface area contributed by atoms with Gasteiger partial charge in [-0.1, -0.05) is 37.3 Å². The number of carbonyl (C=O) groups is 3. The molecule has 3 amide bonds. The molecular weight excluding hydrogens is 356 g/mol. The Morgan fingerprint density at radius 3 is 2.50 bits per heavy atom. The number of hydrogen-bond donors (Lipinski definition) is 2. The van der Waals surface area contributed by atoms with Crippen LogP contribution >= 0.6 is 0 Å². The van der Waals surface area contributed by atoms with Gasteiger partial charge < -0.3 is 16.0 Å². The van der Waals surface area contributed by atoms with Crippen LogP contribution in [-0.2, 0) is 9.59 Å². The molecule has 0 bridgehead atoms. The van der Waals surface area contributed by atoms with E-state index in [1.807, 2.05) is 37.3 Å². The van der Waals surface area contributed by atoms with Crippen LogP contribution in [0.1, 0.15) is 48.7 Å². The van der Waals surface area contributed by atoms with Crippen LogP contribution in [0.25, 0.3) is 0 Å². The van der Waals surface area contributed by atoms with E-state index < -0.39 is 17.7 Å². The van der Waals surface area contributed by atoms with Crippen molar-refractivity contribution in [3.05, 3.63) is 59.9 Å². The largest absolute Gasteiger partial charge is 0.366 e. The van der Waals surface area contributed by atoms with Gasteiger partial charge in [0.25, 0.3) is 0 Å². The normalized spacial score (nSPS) is 21.8. The first-order valence-electron chi connectivity index (χ1n) is 9.32. The number of anilines is 1. The maximum Gasteiger partial charge on any atom is 0.313 e. The van der Waals surface area contributed by atoms with Gasteiger partial charge in [0.05, 0.1) is 23.5 Å². The molecule has 3 atom stereocenters. The highest BCUT2D eigenvalue weighted by Crippen LogP contribution is 2.37. The molecule has 1 aliphatic heterocycles. The maximum atomic E-state index is 13.1. The van der Waals surface area contributed by atoms with Gasteiger partial charge in [-0.3, -0.25) is 19.4 Å². The van der Waals surface area contributed by atoms with Crippen molar-refractivity contribution in [2.24, 2.45) is 11.7 Å². The second-order valence-corrected chi connectivity index (χ2v) is 7.21. The van der Waals surface area contributed by atoms with E-state index in [1.165, 1.54) is 18.5 Å². The Bertz CT molecular complexity index is 884. The fourth-order valence-electron chi connectivity index (χ4n) is 3.63. The summed E-state index contributed by atoms with van der Waals surface area (Å²) in [6, 6.07) is 10.9. The first-order chi connectivity index (χ1) is 13.4. The van der Waals surface area contributed by atoms with Gasteiger partial charge in [0.15, 0.2) is 0 Å². The molecule has 1 saturated heterocycles. The number of hydrogen-bond acceptors (Lipinski definition) is 4. The van der Waals surface area contributed by atoms with Crippen molar-refractivity contribution in [1.29, 1.82) is 0 Å². The van der Waals surface area contributed by atoms with Gasteiger partial charge >= 0.3 is 11.8 Å². The van der Waals surface area contributed by atoms with Crippen molar-refractivity contribution in [2.45, 2.75) is 38.8 Å². The summed E-state index contributed by atoms with van der Waals surface area (Å²) in [7, 11) is 0. The summed E-state index contributed by atoms with van der Waals surface area (Å²) in [5.74, 6) is -1.73. The number of benzene rings is 1. The fraction of sp³-hybridized carbons (Fsp3) is 0.333. The number of amides is 3. The molecular formula is C21H24N4O3. The number of nitrogens with two attached hydrogens (primary N) is 1. The standard InChI is InChI=1S/C21H24N4O3/c1-13-8-9-18(15-6-4-3-5-7-15)25(14(13)2)21(28)20(27)24-17-10-16(19(22)26)11-23-12-17/h3-7,10-14,18H,8-9H2,1-2H3,(H2,22,26)(H,24,27)/t13-,14-,18+/m0/s1. The van der Waals surface area contributed by atoms with Crippen molar-refractivity contribution in [3.8, 4) is 0 Å². The van der Waals surface area contributed by atoms with Crippen LogP contribution in [0.4, 0.5) is 5.69 Å². The second-order valence-electron chi connectivity index (χ2n) is 7.21. The third kappa shape index (κ3) is 4.03. The number of pyridine rings is 1. The van der Waals surface area contributed by atoms with Crippen LogP contribution in [-0.4, -0.2) is 33.6 Å². The number of nitrogens with one attached hydrogen (secondary N) is 1. The molecule has 1 aromatic carbocycles. The summed E-state index contributed by atoms with van der Waals surface area (Å²) in [5.41, 5.74) is 6.67. The third-order valence-electron chi connectivity index (χ3n) is 5.39. The quantitative estimate of drug-likeness (QED) is 0.798. The van der Waals surface area contributed by atoms with E-state index in [2.05, 4.69) is 17.2 Å². The number of primary amides is 1. The van der Waals surface area contributed by atoms with Gasteiger partial charge in [0, 0.05) is 12.2 Å². The predicted octanol–water partition coefficient (Wildman–Crippen LogP) is 2.51. The minimum Gasteiger partial charge on any atom is -0.366 e. The number of likely N-dealkylation sites (tertiary alicyclic amines) is 1. The molecule has 0 saturated carbocycles. The molecule has 1 aliphatic rings. The average Bonchev–Trinajstić information content (AvgIpc) is 2.70. The van der Waals surface area contributed by atoms with Gasteiger partial charge in [0.1, 0.15) is 0 Å². The summed E-state index contributed by atoms with van der Waals surface area (Å²) in [6.45, 7) is 4.06. The first kappa shape index (κ1) is 19.5. The molecule has 1 aromatic heterocycles. The van der Waals surface area contributed by atoms with Crippen molar-refractivity contribution in [2.75, 3.05) is 5.32 Å². The minimum atomic E-state index is -0.759. The van der Waals surface area contributed by atoms with Crippen LogP contribution in [0.2, 0.25) is 0 Å². The molecule has 0 radical (unpaired) electrons. The lowest BCUT2D eigenvalue weighted by molar-refractivity contribution is -0.149. The predicted molar refractivity (Wildman–Crippen MR) is 105 cm³/mol. The summed E-state index contributed by atoms with van der Waals surface area (Å²) in [4.78, 5) is 42.6. The third-order valence-corrected chi connectivity index (χ3v) is 5.39. The van der Waals surface area contributed by atoms with Gasteiger partial charge in [-0.25, -0.2) is 0 Å². The molecule has 2 heterocycles. The summed E-state index contributed by atoms with van der Waals surface area (Å²) >= 11 is 0. The smallest absolute Gasteiger partial charge is 0.313 e. The lowest BCUT2D eigenvalue weighted by Gasteiger charge is -2.44. The van der Waals surface area contributed by atoms with E-state index in [0.29, 0.717) is 0 Å². The Balaban J connectivity index is 1.83. The van der Waals surface area contributed by atoms with Gasteiger partial charge in [-0.05, 0) is 37.3 Å². The van der Waals surface area contributed by atoms with Crippen LogP contribution < -0.4 is 11.1 Å². The van der Waals surface area contributed by atoms with Crippen molar-refractivity contribution in [3.63, 3.8) is 0 Å². The Labute approximate surface area is 163 Å². The SMILES string of the molecule is C[C@H]1CC[C@H](c2ccccc2)N(C(=O)C(=O)Nc2cncc(C(N)=O)c2)[C@H]1C. The highest BCUT2D eigenvalue weighted by Gasteiger charge is 2.38. The van der Waals surface area contributed by atoms with E-state index in [1.54, 1.807) is 4.90 Å². The van der Waals surface area contributed by atoms with E-state index in [4.69, 9.17) is 5.73 Å². The zero-order valence-electron chi connectivity index (χ0n) is 16.0. The lowest BCUT2D eigenvalue weighted by Crippen LogP contribution is -2.51. The summed E-state index contributed by atoms with van der Waals surface area (Å²) in [5, 5.41) is 2.54. The molecule has 3 rings (SSSR count). The molecule has 3 N–H and O–H groups in total. The monoisotopic (exact) mass is 380 g/mol. The Morgan fingerprint density at radius 2 is 1.82 bits per heavy atom. The minimum absolute atomic E-state index is 0.0766. The zero-order chi connectivity index (χ0) is 20.3. The van der Waals surface area contributed by atoms with Crippen molar-refractivity contribution in [1.82, 2.24) is 9.88 Å². The molecule has 2 aromatic rings. The van der Waals surface area contributed by atoms with E-state index in [9.17, 15) is 14.4 Å². The van der Waals surface area contributed by atoms with E-state index >= 15 is 0 Å². The van der Waals surface area contributed by atoms with Gasteiger partial charge in [-0.15, -0.1) is 0 Å². The van der Waals surface area contributed by atoms with Crippen LogP contribution in [0, 0.1) is 5.92 Å². The molecule has 1 fully saturated rings. The molecule has 7 nitrogen and oxygen atoms in total. The summed E-state index contributed by atoms with van der Waals surface area (Å²) < 4.78 is 0. The topological polar surface area (TPSA) is 105 Å². The van der Waals surface area contributed by atoms with Gasteiger partial charge in [0.2, 0.25) is 5.91 Å². The molecule has 0 spiro atoms. The second kappa shape index (κ2) is 8.21. The number of nitrogens with zero attached hydrogens (tertiary/aromatic N) is 2. The Morgan fingerprint density at radius 1 is 1.11 bits per heavy atom. The number of piperidine rings is 1. The average molecular weight is 380 g/mol. The molecule has 28 heavy (non-hydrogen) atoms. The van der Waals surface area contributed by atoms with Crippen LogP contribution in [0.15, 0.2) is 48.8 Å². The summed E-state index contributed by atoms with van der Waals surface area (Å²) in [6.07, 6.45) is 4.46. The zero-order valence-corrected chi connectivity index (χ0v) is 16.0. The lowest BCUT2D eigenvalue weighted by atomic mass is 9.84. The molecule has 7 heteroatoms.